The lowest BCUT2D eigenvalue weighted by Gasteiger charge is -2.10. The van der Waals surface area contributed by atoms with Crippen LogP contribution in [0.2, 0.25) is 4.34 Å². The third-order valence-corrected chi connectivity index (χ3v) is 5.20. The van der Waals surface area contributed by atoms with Crippen molar-refractivity contribution in [1.29, 1.82) is 0 Å². The van der Waals surface area contributed by atoms with Gasteiger partial charge >= 0.3 is 0 Å². The Balaban J connectivity index is 1.71. The Morgan fingerprint density at radius 2 is 2.00 bits per heavy atom. The zero-order valence-electron chi connectivity index (χ0n) is 13.6. The van der Waals surface area contributed by atoms with Crippen molar-refractivity contribution in [2.75, 3.05) is 0 Å². The third-order valence-electron chi connectivity index (χ3n) is 3.97. The van der Waals surface area contributed by atoms with Crippen molar-refractivity contribution in [3.05, 3.63) is 81.8 Å². The number of aromatic nitrogens is 2. The average molecular weight is 380 g/mol. The van der Waals surface area contributed by atoms with Crippen molar-refractivity contribution < 1.29 is 4.79 Å². The van der Waals surface area contributed by atoms with Crippen molar-refractivity contribution in [2.45, 2.75) is 6.54 Å². The number of amides is 1. The monoisotopic (exact) mass is 379 g/mol. The van der Waals surface area contributed by atoms with Gasteiger partial charge in [0.1, 0.15) is 0 Å². The molecule has 0 saturated carbocycles. The Kier molecular flexibility index (Phi) is 4.65. The molecular weight excluding hydrogens is 366 g/mol. The van der Waals surface area contributed by atoms with E-state index in [0.29, 0.717) is 16.4 Å². The summed E-state index contributed by atoms with van der Waals surface area (Å²) in [6.07, 6.45) is 3.46. The molecule has 6 heteroatoms. The van der Waals surface area contributed by atoms with Crippen LogP contribution in [0.1, 0.15) is 15.2 Å². The van der Waals surface area contributed by atoms with Crippen molar-refractivity contribution >= 4 is 39.7 Å². The van der Waals surface area contributed by atoms with Crippen molar-refractivity contribution in [2.24, 2.45) is 0 Å². The first-order chi connectivity index (χ1) is 12.7. The Morgan fingerprint density at radius 3 is 2.77 bits per heavy atom. The van der Waals surface area contributed by atoms with Gasteiger partial charge in [-0.15, -0.1) is 11.3 Å². The number of carbonyl (C=O) groups is 1. The van der Waals surface area contributed by atoms with Crippen molar-refractivity contribution in [1.82, 2.24) is 15.3 Å². The van der Waals surface area contributed by atoms with Crippen LogP contribution in [0.15, 0.2) is 67.0 Å². The SMILES string of the molecule is O=C(NCc1ccc(Cl)s1)c1cc(-c2cccnc2)nc2ccccc12. The Morgan fingerprint density at radius 1 is 1.12 bits per heavy atom. The number of benzene rings is 1. The van der Waals surface area contributed by atoms with Crippen LogP contribution in [0.5, 0.6) is 0 Å². The topological polar surface area (TPSA) is 54.9 Å². The van der Waals surface area contributed by atoms with Crippen LogP contribution in [0.3, 0.4) is 0 Å². The molecule has 4 nitrogen and oxygen atoms in total. The zero-order valence-corrected chi connectivity index (χ0v) is 15.2. The number of fused-ring (bicyclic) bond motifs is 1. The van der Waals surface area contributed by atoms with Crippen LogP contribution in [0.4, 0.5) is 0 Å². The summed E-state index contributed by atoms with van der Waals surface area (Å²) in [7, 11) is 0. The number of hydrogen-bond acceptors (Lipinski definition) is 4. The number of nitrogens with one attached hydrogen (secondary N) is 1. The molecule has 0 spiro atoms. The molecule has 4 rings (SSSR count). The first-order valence-electron chi connectivity index (χ1n) is 8.03. The second-order valence-corrected chi connectivity index (χ2v) is 7.50. The summed E-state index contributed by atoms with van der Waals surface area (Å²) in [6.45, 7) is 0.440. The fourth-order valence-electron chi connectivity index (χ4n) is 2.73. The first-order valence-corrected chi connectivity index (χ1v) is 9.23. The predicted octanol–water partition coefficient (Wildman–Crippen LogP) is 4.94. The van der Waals surface area contributed by atoms with E-state index in [9.17, 15) is 4.79 Å². The standard InChI is InChI=1S/C20H14ClN3OS/c21-19-8-7-14(26-19)12-23-20(25)16-10-18(13-4-3-9-22-11-13)24-17-6-2-1-5-15(16)17/h1-11H,12H2,(H,23,25). The smallest absolute Gasteiger partial charge is 0.252 e. The number of pyridine rings is 2. The summed E-state index contributed by atoms with van der Waals surface area (Å²) in [5, 5.41) is 3.79. The molecule has 4 aromatic rings. The lowest BCUT2D eigenvalue weighted by atomic mass is 10.0. The van der Waals surface area contributed by atoms with Gasteiger partial charge in [-0.2, -0.15) is 0 Å². The number of para-hydroxylation sites is 1. The molecule has 1 amide bonds. The largest absolute Gasteiger partial charge is 0.347 e. The molecule has 0 unspecified atom stereocenters. The summed E-state index contributed by atoms with van der Waals surface area (Å²) >= 11 is 7.41. The van der Waals surface area contributed by atoms with Gasteiger partial charge in [0.05, 0.1) is 27.7 Å². The van der Waals surface area contributed by atoms with Gasteiger partial charge in [0.25, 0.3) is 5.91 Å². The van der Waals surface area contributed by atoms with Gasteiger partial charge in [0, 0.05) is 28.2 Å². The number of rotatable bonds is 4. The Labute approximate surface area is 159 Å². The minimum atomic E-state index is -0.140. The minimum absolute atomic E-state index is 0.140. The molecule has 0 bridgehead atoms. The summed E-state index contributed by atoms with van der Waals surface area (Å²) in [5.41, 5.74) is 2.97. The highest BCUT2D eigenvalue weighted by Gasteiger charge is 2.14. The summed E-state index contributed by atoms with van der Waals surface area (Å²) in [5.74, 6) is -0.140. The van der Waals surface area contributed by atoms with Gasteiger partial charge in [-0.25, -0.2) is 4.98 Å². The van der Waals surface area contributed by atoms with Gasteiger partial charge in [0.2, 0.25) is 0 Å². The minimum Gasteiger partial charge on any atom is -0.347 e. The molecule has 0 fully saturated rings. The molecule has 1 aromatic carbocycles. The number of halogens is 1. The highest BCUT2D eigenvalue weighted by Crippen LogP contribution is 2.25. The van der Waals surface area contributed by atoms with Gasteiger partial charge in [-0.05, 0) is 36.4 Å². The normalized spacial score (nSPS) is 10.8. The van der Waals surface area contributed by atoms with Crippen LogP contribution in [-0.2, 0) is 6.54 Å². The van der Waals surface area contributed by atoms with Gasteiger partial charge < -0.3 is 5.32 Å². The molecule has 3 heterocycles. The highest BCUT2D eigenvalue weighted by atomic mass is 35.5. The van der Waals surface area contributed by atoms with Crippen LogP contribution in [0, 0.1) is 0 Å². The lowest BCUT2D eigenvalue weighted by molar-refractivity contribution is 0.0953. The molecule has 0 aliphatic carbocycles. The van der Waals surface area contributed by atoms with E-state index in [1.54, 1.807) is 12.4 Å². The molecule has 0 atom stereocenters. The summed E-state index contributed by atoms with van der Waals surface area (Å²) in [6, 6.07) is 17.0. The maximum atomic E-state index is 12.8. The molecule has 26 heavy (non-hydrogen) atoms. The van der Waals surface area contributed by atoms with E-state index in [2.05, 4.69) is 15.3 Å². The van der Waals surface area contributed by atoms with E-state index in [0.717, 1.165) is 27.0 Å². The van der Waals surface area contributed by atoms with Gasteiger partial charge in [-0.1, -0.05) is 29.8 Å². The molecule has 3 aromatic heterocycles. The van der Waals surface area contributed by atoms with Crippen LogP contribution in [0.25, 0.3) is 22.2 Å². The maximum absolute atomic E-state index is 12.8. The number of nitrogens with zero attached hydrogens (tertiary/aromatic N) is 2. The molecule has 0 aliphatic rings. The second kappa shape index (κ2) is 7.23. The molecule has 0 saturated heterocycles. The van der Waals surface area contributed by atoms with E-state index in [1.165, 1.54) is 11.3 Å². The fraction of sp³-hybridized carbons (Fsp3) is 0.0500. The van der Waals surface area contributed by atoms with E-state index >= 15 is 0 Å². The van der Waals surface area contributed by atoms with Gasteiger partial charge in [-0.3, -0.25) is 9.78 Å². The highest BCUT2D eigenvalue weighted by molar-refractivity contribution is 7.16. The first kappa shape index (κ1) is 16.7. The van der Waals surface area contributed by atoms with Crippen LogP contribution in [-0.4, -0.2) is 15.9 Å². The molecule has 0 aliphatic heterocycles. The van der Waals surface area contributed by atoms with E-state index in [1.807, 2.05) is 54.6 Å². The molecular formula is C20H14ClN3OS. The lowest BCUT2D eigenvalue weighted by Crippen LogP contribution is -2.22. The quantitative estimate of drug-likeness (QED) is 0.546. The second-order valence-electron chi connectivity index (χ2n) is 5.70. The third kappa shape index (κ3) is 3.45. The summed E-state index contributed by atoms with van der Waals surface area (Å²) in [4.78, 5) is 22.7. The Bertz CT molecular complexity index is 1080. The van der Waals surface area contributed by atoms with Gasteiger partial charge in [0.15, 0.2) is 0 Å². The van der Waals surface area contributed by atoms with Crippen LogP contribution < -0.4 is 5.32 Å². The number of thiophene rings is 1. The van der Waals surface area contributed by atoms with E-state index in [4.69, 9.17) is 11.6 Å². The fourth-order valence-corrected chi connectivity index (χ4v) is 3.76. The van der Waals surface area contributed by atoms with E-state index < -0.39 is 0 Å². The average Bonchev–Trinajstić information content (AvgIpc) is 3.11. The zero-order chi connectivity index (χ0) is 17.9. The predicted molar refractivity (Wildman–Crippen MR) is 105 cm³/mol. The Hall–Kier alpha value is -2.76. The number of hydrogen-bond donors (Lipinski definition) is 1. The van der Waals surface area contributed by atoms with Crippen LogP contribution >= 0.6 is 22.9 Å². The van der Waals surface area contributed by atoms with Crippen molar-refractivity contribution in [3.8, 4) is 11.3 Å². The maximum Gasteiger partial charge on any atom is 0.252 e. The van der Waals surface area contributed by atoms with Crippen molar-refractivity contribution in [3.63, 3.8) is 0 Å². The van der Waals surface area contributed by atoms with E-state index in [-0.39, 0.29) is 5.91 Å². The molecule has 0 radical (unpaired) electrons. The molecule has 1 N–H and O–H groups in total. The molecule has 128 valence electrons. The summed E-state index contributed by atoms with van der Waals surface area (Å²) < 4.78 is 0.711. The number of carbonyl (C=O) groups excluding carboxylic acids is 1.